The molecule has 7 heteroatoms. The maximum atomic E-state index is 10.3. The molecule has 0 bridgehead atoms. The number of aliphatic carboxylic acids is 1. The fourth-order valence-corrected chi connectivity index (χ4v) is 1.40. The Bertz CT molecular complexity index is 344. The van der Waals surface area contributed by atoms with Gasteiger partial charge in [0.2, 0.25) is 0 Å². The molecule has 1 fully saturated rings. The predicted octanol–water partition coefficient (Wildman–Crippen LogP) is 1.31. The minimum Gasteiger partial charge on any atom is -0.481 e. The van der Waals surface area contributed by atoms with Gasteiger partial charge in [-0.2, -0.15) is 0 Å². The van der Waals surface area contributed by atoms with Gasteiger partial charge in [-0.05, 0) is 19.9 Å². The van der Waals surface area contributed by atoms with Crippen LogP contribution in [0.5, 0.6) is 0 Å². The number of carbonyl (C=O) groups excluding carboxylic acids is 2. The number of carboxylic acid groups (broad SMARTS) is 1. The van der Waals surface area contributed by atoms with Crippen LogP contribution in [-0.2, 0) is 19.1 Å². The van der Waals surface area contributed by atoms with Gasteiger partial charge >= 0.3 is 11.9 Å². The first-order valence-electron chi connectivity index (χ1n) is 7.46. The van der Waals surface area contributed by atoms with Gasteiger partial charge in [0.15, 0.2) is 0 Å². The van der Waals surface area contributed by atoms with Crippen molar-refractivity contribution in [1.29, 1.82) is 0 Å². The number of nitrogens with one attached hydrogen (secondary N) is 1. The largest absolute Gasteiger partial charge is 0.481 e. The molecule has 22 heavy (non-hydrogen) atoms. The molecule has 0 aromatic carbocycles. The van der Waals surface area contributed by atoms with E-state index in [9.17, 15) is 14.4 Å². The molecule has 0 aromatic rings. The first-order chi connectivity index (χ1) is 10.4. The third-order valence-electron chi connectivity index (χ3n) is 2.72. The minimum atomic E-state index is -0.671. The van der Waals surface area contributed by atoms with Crippen molar-refractivity contribution < 1.29 is 24.2 Å². The molecule has 0 aromatic heterocycles. The second-order valence-corrected chi connectivity index (χ2v) is 4.41. The number of Topliss-reactive ketones (excluding diaryl/α,β-unsaturated/α-hetero) is 1. The van der Waals surface area contributed by atoms with E-state index < -0.39 is 5.97 Å². The number of esters is 1. The molecular weight excluding hydrogens is 288 g/mol. The molecular formula is C15H28N2O5. The summed E-state index contributed by atoms with van der Waals surface area (Å²) >= 11 is 0. The second-order valence-electron chi connectivity index (χ2n) is 4.41. The van der Waals surface area contributed by atoms with Crippen LogP contribution in [0.3, 0.4) is 0 Å². The summed E-state index contributed by atoms with van der Waals surface area (Å²) in [6.45, 7) is 7.43. The van der Waals surface area contributed by atoms with Crippen molar-refractivity contribution in [2.24, 2.45) is 10.9 Å². The molecule has 0 saturated carbocycles. The molecule has 7 nitrogen and oxygen atoms in total. The van der Waals surface area contributed by atoms with E-state index in [0.29, 0.717) is 31.8 Å². The second kappa shape index (κ2) is 15.6. The highest BCUT2D eigenvalue weighted by Crippen LogP contribution is 2.05. The summed E-state index contributed by atoms with van der Waals surface area (Å²) < 4.78 is 4.49. The van der Waals surface area contributed by atoms with Gasteiger partial charge in [0.1, 0.15) is 12.0 Å². The van der Waals surface area contributed by atoms with Crippen LogP contribution in [0, 0.1) is 5.92 Å². The lowest BCUT2D eigenvalue weighted by Gasteiger charge is -1.96. The molecule has 2 N–H and O–H groups in total. The van der Waals surface area contributed by atoms with Crippen molar-refractivity contribution in [2.45, 2.75) is 40.0 Å². The average Bonchev–Trinajstić information content (AvgIpc) is 3.03. The van der Waals surface area contributed by atoms with E-state index in [1.165, 1.54) is 7.05 Å². The van der Waals surface area contributed by atoms with Crippen molar-refractivity contribution in [3.8, 4) is 0 Å². The van der Waals surface area contributed by atoms with Crippen molar-refractivity contribution in [2.75, 3.05) is 26.7 Å². The number of carbonyl (C=O) groups is 3. The van der Waals surface area contributed by atoms with E-state index in [1.807, 2.05) is 13.8 Å². The summed E-state index contributed by atoms with van der Waals surface area (Å²) in [6, 6.07) is 0. The van der Waals surface area contributed by atoms with Gasteiger partial charge in [0.05, 0.1) is 12.5 Å². The Morgan fingerprint density at radius 3 is 2.09 bits per heavy atom. The van der Waals surface area contributed by atoms with Gasteiger partial charge in [-0.15, -0.1) is 0 Å². The Balaban J connectivity index is 0. The van der Waals surface area contributed by atoms with Crippen LogP contribution >= 0.6 is 0 Å². The Kier molecular flexibility index (Phi) is 16.0. The van der Waals surface area contributed by atoms with Crippen LogP contribution < -0.4 is 5.32 Å². The molecule has 128 valence electrons. The number of aliphatic imine (C=N–C) groups is 1. The highest BCUT2D eigenvalue weighted by molar-refractivity contribution is 6.23. The van der Waals surface area contributed by atoms with E-state index in [0.717, 1.165) is 19.2 Å². The van der Waals surface area contributed by atoms with Gasteiger partial charge in [-0.25, -0.2) is 4.79 Å². The Morgan fingerprint density at radius 2 is 1.86 bits per heavy atom. The first-order valence-corrected chi connectivity index (χ1v) is 7.46. The molecule has 0 unspecified atom stereocenters. The van der Waals surface area contributed by atoms with Crippen molar-refractivity contribution >= 4 is 23.9 Å². The normalized spacial score (nSPS) is 16.1. The monoisotopic (exact) mass is 316 g/mol. The van der Waals surface area contributed by atoms with Crippen LogP contribution in [0.25, 0.3) is 0 Å². The highest BCUT2D eigenvalue weighted by Gasteiger charge is 2.20. The topological polar surface area (TPSA) is 105 Å². The predicted molar refractivity (Wildman–Crippen MR) is 85.3 cm³/mol. The number of ether oxygens (including phenoxy) is 1. The molecule has 1 heterocycles. The van der Waals surface area contributed by atoms with Gasteiger partial charge in [0, 0.05) is 26.4 Å². The van der Waals surface area contributed by atoms with Crippen LogP contribution in [0.4, 0.5) is 0 Å². The molecule has 0 radical (unpaired) electrons. The quantitative estimate of drug-likeness (QED) is 0.585. The van der Waals surface area contributed by atoms with Gasteiger partial charge < -0.3 is 15.2 Å². The Hall–Kier alpha value is -1.76. The molecule has 1 saturated heterocycles. The lowest BCUT2D eigenvalue weighted by molar-refractivity contribution is -0.141. The summed E-state index contributed by atoms with van der Waals surface area (Å²) in [4.78, 5) is 34.1. The highest BCUT2D eigenvalue weighted by atomic mass is 16.5. The van der Waals surface area contributed by atoms with Gasteiger partial charge in [-0.3, -0.25) is 14.6 Å². The number of carboxylic acids is 1. The number of ketones is 1. The molecule has 1 rings (SSSR count). The van der Waals surface area contributed by atoms with E-state index in [-0.39, 0.29) is 11.9 Å². The smallest absolute Gasteiger partial charge is 0.348 e. The molecule has 0 amide bonds. The van der Waals surface area contributed by atoms with Crippen molar-refractivity contribution in [1.82, 2.24) is 5.32 Å². The summed E-state index contributed by atoms with van der Waals surface area (Å²) in [6.07, 6.45) is 3.31. The first kappa shape index (κ1) is 22.5. The van der Waals surface area contributed by atoms with Crippen molar-refractivity contribution in [3.63, 3.8) is 0 Å². The number of hydrogen-bond acceptors (Lipinski definition) is 6. The standard InChI is InChI=1S/2C5H9NO2.C5H10O/c7-5(8)4-1-2-6-3-4;1-3-8-5(7)4-6-2;1-3-5(6)4-2/h4,6H,1-3H2,(H,7,8);4H,3H2,1-2H3;3-4H2,1-2H3/t4-;;/m1../s1. The fourth-order valence-electron chi connectivity index (χ4n) is 1.40. The Labute approximate surface area is 132 Å². The van der Waals surface area contributed by atoms with Crippen molar-refractivity contribution in [3.05, 3.63) is 0 Å². The average molecular weight is 316 g/mol. The number of hydrogen-bond donors (Lipinski definition) is 2. The zero-order valence-corrected chi connectivity index (χ0v) is 13.9. The Morgan fingerprint density at radius 1 is 1.27 bits per heavy atom. The zero-order chi connectivity index (χ0) is 17.4. The van der Waals surface area contributed by atoms with E-state index >= 15 is 0 Å². The molecule has 1 aliphatic rings. The summed E-state index contributed by atoms with van der Waals surface area (Å²) in [5, 5.41) is 11.3. The maximum absolute atomic E-state index is 10.3. The zero-order valence-electron chi connectivity index (χ0n) is 13.9. The summed E-state index contributed by atoms with van der Waals surface area (Å²) in [5.41, 5.74) is 0. The number of nitrogens with zero attached hydrogens (tertiary/aromatic N) is 1. The molecule has 1 atom stereocenters. The van der Waals surface area contributed by atoms with Crippen LogP contribution in [0.2, 0.25) is 0 Å². The third-order valence-corrected chi connectivity index (χ3v) is 2.72. The van der Waals surface area contributed by atoms with E-state index in [1.54, 1.807) is 6.92 Å². The number of rotatable bonds is 5. The lowest BCUT2D eigenvalue weighted by Crippen LogP contribution is -2.16. The molecule has 1 aliphatic heterocycles. The minimum absolute atomic E-state index is 0.130. The fraction of sp³-hybridized carbons (Fsp3) is 0.733. The SMILES string of the molecule is CCC(=O)CC.CCOC(=O)C=NC.O=C(O)[C@@H]1CCNC1. The molecule has 0 aliphatic carbocycles. The lowest BCUT2D eigenvalue weighted by atomic mass is 10.1. The van der Waals surface area contributed by atoms with Gasteiger partial charge in [0.25, 0.3) is 0 Å². The van der Waals surface area contributed by atoms with Crippen LogP contribution in [0.15, 0.2) is 4.99 Å². The van der Waals surface area contributed by atoms with Crippen LogP contribution in [0.1, 0.15) is 40.0 Å². The summed E-state index contributed by atoms with van der Waals surface area (Å²) in [7, 11) is 1.52. The van der Waals surface area contributed by atoms with Crippen LogP contribution in [-0.4, -0.2) is 55.8 Å². The summed E-state index contributed by atoms with van der Waals surface area (Å²) in [5.74, 6) is -0.838. The van der Waals surface area contributed by atoms with Gasteiger partial charge in [-0.1, -0.05) is 13.8 Å². The van der Waals surface area contributed by atoms with E-state index in [4.69, 9.17) is 5.11 Å². The van der Waals surface area contributed by atoms with E-state index in [2.05, 4.69) is 15.0 Å². The molecule has 0 spiro atoms. The maximum Gasteiger partial charge on any atom is 0.348 e. The third kappa shape index (κ3) is 14.6.